The number of ether oxygens (including phenoxy) is 1. The van der Waals surface area contributed by atoms with Gasteiger partial charge in [-0.3, -0.25) is 0 Å². The normalized spacial score (nSPS) is 16.2. The summed E-state index contributed by atoms with van der Waals surface area (Å²) in [5.41, 5.74) is 0.536. The number of hydrogen-bond acceptors (Lipinski definition) is 4. The number of carbonyl (C=O) groups excluding carboxylic acids is 1. The molecule has 0 radical (unpaired) electrons. The Morgan fingerprint density at radius 3 is 2.61 bits per heavy atom. The maximum Gasteiger partial charge on any atom is 0.341 e. The number of anilines is 1. The van der Waals surface area contributed by atoms with Crippen LogP contribution < -0.4 is 4.90 Å². The Hall–Kier alpha value is -1.10. The lowest BCUT2D eigenvalue weighted by Crippen LogP contribution is -2.27. The molecule has 98 valence electrons. The molecular weight excluding hydrogens is 296 g/mol. The van der Waals surface area contributed by atoms with Crippen LogP contribution in [0.5, 0.6) is 0 Å². The van der Waals surface area contributed by atoms with E-state index < -0.39 is 0 Å². The molecule has 0 N–H and O–H groups in total. The first-order chi connectivity index (χ1) is 8.72. The Balaban J connectivity index is 2.32. The summed E-state index contributed by atoms with van der Waals surface area (Å²) in [5.74, 6) is 0.412. The van der Waals surface area contributed by atoms with Gasteiger partial charge in [0.15, 0.2) is 0 Å². The summed E-state index contributed by atoms with van der Waals surface area (Å²) >= 11 is 3.34. The highest BCUT2D eigenvalue weighted by Gasteiger charge is 2.20. The van der Waals surface area contributed by atoms with Gasteiger partial charge in [0.25, 0.3) is 0 Å². The van der Waals surface area contributed by atoms with Crippen LogP contribution >= 0.6 is 15.9 Å². The van der Waals surface area contributed by atoms with Gasteiger partial charge in [0.1, 0.15) is 11.4 Å². The number of rotatable bonds is 2. The smallest absolute Gasteiger partial charge is 0.341 e. The maximum absolute atomic E-state index is 11.8. The Morgan fingerprint density at radius 1 is 1.33 bits per heavy atom. The maximum atomic E-state index is 11.8. The molecule has 0 unspecified atom stereocenters. The summed E-state index contributed by atoms with van der Waals surface area (Å²) < 4.78 is 5.62. The van der Waals surface area contributed by atoms with Crippen LogP contribution in [0.4, 0.5) is 5.82 Å². The van der Waals surface area contributed by atoms with Gasteiger partial charge in [-0.1, -0.05) is 12.8 Å². The number of carbonyl (C=O) groups is 1. The summed E-state index contributed by atoms with van der Waals surface area (Å²) in [6, 6.07) is 1.78. The number of aromatic nitrogens is 1. The van der Waals surface area contributed by atoms with E-state index in [0.29, 0.717) is 5.56 Å². The van der Waals surface area contributed by atoms with Gasteiger partial charge in [-0.15, -0.1) is 0 Å². The minimum absolute atomic E-state index is 0.331. The van der Waals surface area contributed by atoms with E-state index in [9.17, 15) is 4.79 Å². The fraction of sp³-hybridized carbons (Fsp3) is 0.538. The second-order valence-electron chi connectivity index (χ2n) is 4.42. The average molecular weight is 313 g/mol. The van der Waals surface area contributed by atoms with Crippen LogP contribution in [0, 0.1) is 0 Å². The van der Waals surface area contributed by atoms with E-state index in [-0.39, 0.29) is 5.97 Å². The molecule has 0 aliphatic carbocycles. The molecule has 1 aromatic heterocycles. The fourth-order valence-electron chi connectivity index (χ4n) is 2.23. The number of nitrogens with zero attached hydrogens (tertiary/aromatic N) is 2. The van der Waals surface area contributed by atoms with Crippen molar-refractivity contribution in [3.05, 3.63) is 22.3 Å². The molecule has 1 aromatic rings. The van der Waals surface area contributed by atoms with Crippen LogP contribution in [0.25, 0.3) is 0 Å². The quantitative estimate of drug-likeness (QED) is 0.787. The van der Waals surface area contributed by atoms with Gasteiger partial charge in [-0.25, -0.2) is 9.78 Å². The number of halogens is 1. The van der Waals surface area contributed by atoms with Crippen molar-refractivity contribution >= 4 is 27.7 Å². The standard InChI is InChI=1S/C13H17BrN2O2/c1-18-13(17)11-8-10(14)9-15-12(11)16-6-4-2-3-5-7-16/h8-9H,2-7H2,1H3. The molecule has 1 saturated heterocycles. The van der Waals surface area contributed by atoms with Crippen molar-refractivity contribution < 1.29 is 9.53 Å². The SMILES string of the molecule is COC(=O)c1cc(Br)cnc1N1CCCCCC1. The second-order valence-corrected chi connectivity index (χ2v) is 5.33. The molecule has 0 aromatic carbocycles. The zero-order chi connectivity index (χ0) is 13.0. The summed E-state index contributed by atoms with van der Waals surface area (Å²) in [6.07, 6.45) is 6.53. The molecule has 0 bridgehead atoms. The minimum atomic E-state index is -0.331. The lowest BCUT2D eigenvalue weighted by molar-refractivity contribution is 0.0601. The van der Waals surface area contributed by atoms with Gasteiger partial charge in [-0.2, -0.15) is 0 Å². The molecule has 1 aliphatic heterocycles. The molecular formula is C13H17BrN2O2. The molecule has 5 heteroatoms. The van der Waals surface area contributed by atoms with E-state index in [4.69, 9.17) is 4.74 Å². The summed E-state index contributed by atoms with van der Waals surface area (Å²) in [6.45, 7) is 1.91. The highest BCUT2D eigenvalue weighted by Crippen LogP contribution is 2.24. The summed E-state index contributed by atoms with van der Waals surface area (Å²) in [4.78, 5) is 18.4. The third-order valence-electron chi connectivity index (χ3n) is 3.14. The molecule has 0 spiro atoms. The van der Waals surface area contributed by atoms with E-state index in [2.05, 4.69) is 25.8 Å². The zero-order valence-electron chi connectivity index (χ0n) is 10.5. The Kier molecular flexibility index (Phi) is 4.58. The zero-order valence-corrected chi connectivity index (χ0v) is 12.1. The lowest BCUT2D eigenvalue weighted by Gasteiger charge is -2.23. The first kappa shape index (κ1) is 13.3. The van der Waals surface area contributed by atoms with Crippen molar-refractivity contribution in [1.82, 2.24) is 4.98 Å². The van der Waals surface area contributed by atoms with Crippen LogP contribution in [0.3, 0.4) is 0 Å². The predicted molar refractivity (Wildman–Crippen MR) is 74.0 cm³/mol. The van der Waals surface area contributed by atoms with Gasteiger partial charge < -0.3 is 9.64 Å². The summed E-state index contributed by atoms with van der Waals surface area (Å²) in [5, 5.41) is 0. The van der Waals surface area contributed by atoms with E-state index >= 15 is 0 Å². The molecule has 4 nitrogen and oxygen atoms in total. The molecule has 18 heavy (non-hydrogen) atoms. The van der Waals surface area contributed by atoms with Crippen molar-refractivity contribution in [1.29, 1.82) is 0 Å². The Morgan fingerprint density at radius 2 is 2.00 bits per heavy atom. The highest BCUT2D eigenvalue weighted by atomic mass is 79.9. The molecule has 2 heterocycles. The van der Waals surface area contributed by atoms with Crippen LogP contribution in [-0.2, 0) is 4.74 Å². The summed E-state index contributed by atoms with van der Waals surface area (Å²) in [7, 11) is 1.40. The van der Waals surface area contributed by atoms with Crippen molar-refractivity contribution in [3.63, 3.8) is 0 Å². The van der Waals surface area contributed by atoms with Gasteiger partial charge in [0.2, 0.25) is 0 Å². The number of hydrogen-bond donors (Lipinski definition) is 0. The van der Waals surface area contributed by atoms with E-state index in [1.54, 1.807) is 12.3 Å². The number of esters is 1. The van der Waals surface area contributed by atoms with Gasteiger partial charge in [-0.05, 0) is 34.8 Å². The lowest BCUT2D eigenvalue weighted by atomic mass is 10.2. The van der Waals surface area contributed by atoms with Gasteiger partial charge >= 0.3 is 5.97 Å². The molecule has 1 fully saturated rings. The highest BCUT2D eigenvalue weighted by molar-refractivity contribution is 9.10. The molecule has 0 saturated carbocycles. The fourth-order valence-corrected chi connectivity index (χ4v) is 2.56. The number of methoxy groups -OCH3 is 1. The van der Waals surface area contributed by atoms with Gasteiger partial charge in [0.05, 0.1) is 7.11 Å². The number of pyridine rings is 1. The van der Waals surface area contributed by atoms with Crippen LogP contribution in [-0.4, -0.2) is 31.2 Å². The monoisotopic (exact) mass is 312 g/mol. The van der Waals surface area contributed by atoms with Crippen molar-refractivity contribution in [2.75, 3.05) is 25.1 Å². The van der Waals surface area contributed by atoms with E-state index in [0.717, 1.165) is 36.2 Å². The van der Waals surface area contributed by atoms with Crippen LogP contribution in [0.15, 0.2) is 16.7 Å². The topological polar surface area (TPSA) is 42.4 Å². The minimum Gasteiger partial charge on any atom is -0.465 e. The first-order valence-corrected chi connectivity index (χ1v) is 7.00. The molecule has 2 rings (SSSR count). The van der Waals surface area contributed by atoms with Crippen LogP contribution in [0.2, 0.25) is 0 Å². The molecule has 1 aliphatic rings. The van der Waals surface area contributed by atoms with Crippen molar-refractivity contribution in [2.24, 2.45) is 0 Å². The Labute approximate surface area is 115 Å². The first-order valence-electron chi connectivity index (χ1n) is 6.21. The molecule has 0 amide bonds. The van der Waals surface area contributed by atoms with Crippen molar-refractivity contribution in [3.8, 4) is 0 Å². The third-order valence-corrected chi connectivity index (χ3v) is 3.58. The van der Waals surface area contributed by atoms with Crippen LogP contribution in [0.1, 0.15) is 36.0 Å². The van der Waals surface area contributed by atoms with Gasteiger partial charge in [0, 0.05) is 23.8 Å². The molecule has 0 atom stereocenters. The van der Waals surface area contributed by atoms with E-state index in [1.165, 1.54) is 20.0 Å². The third kappa shape index (κ3) is 3.02. The second kappa shape index (κ2) is 6.18. The largest absolute Gasteiger partial charge is 0.465 e. The van der Waals surface area contributed by atoms with E-state index in [1.807, 2.05) is 0 Å². The average Bonchev–Trinajstić information content (AvgIpc) is 2.66. The van der Waals surface area contributed by atoms with Crippen molar-refractivity contribution in [2.45, 2.75) is 25.7 Å². The predicted octanol–water partition coefficient (Wildman–Crippen LogP) is 3.01. The Bertz CT molecular complexity index is 429.